The molecular weight excluding hydrogens is 256 g/mol. The first-order valence-electron chi connectivity index (χ1n) is 7.15. The highest BCUT2D eigenvalue weighted by molar-refractivity contribution is 5.13. The van der Waals surface area contributed by atoms with Gasteiger partial charge >= 0.3 is 0 Å². The van der Waals surface area contributed by atoms with Crippen LogP contribution in [0.15, 0.2) is 30.3 Å². The van der Waals surface area contributed by atoms with Gasteiger partial charge in [-0.15, -0.1) is 0 Å². The number of aliphatic hydroxyl groups is 1. The third kappa shape index (κ3) is 3.04. The lowest BCUT2D eigenvalue weighted by atomic mass is 9.87. The number of hydrogen-bond acceptors (Lipinski definition) is 4. The van der Waals surface area contributed by atoms with Crippen LogP contribution in [-0.2, 0) is 20.8 Å². The average Bonchev–Trinajstić information content (AvgIpc) is 3.31. The van der Waals surface area contributed by atoms with E-state index in [1.807, 2.05) is 18.2 Å². The molecule has 4 atom stereocenters. The number of ether oxygens (including phenoxy) is 3. The van der Waals surface area contributed by atoms with Gasteiger partial charge in [0.05, 0.1) is 25.9 Å². The molecule has 3 rings (SSSR count). The smallest absolute Gasteiger partial charge is 0.115 e. The predicted molar refractivity (Wildman–Crippen MR) is 74.3 cm³/mol. The van der Waals surface area contributed by atoms with Crippen molar-refractivity contribution in [1.29, 1.82) is 0 Å². The van der Waals surface area contributed by atoms with E-state index in [1.54, 1.807) is 0 Å². The second-order valence-corrected chi connectivity index (χ2v) is 6.31. The Morgan fingerprint density at radius 3 is 2.55 bits per heavy atom. The fraction of sp³-hybridized carbons (Fsp3) is 0.625. The summed E-state index contributed by atoms with van der Waals surface area (Å²) in [5.74, 6) is 0. The molecule has 0 bridgehead atoms. The van der Waals surface area contributed by atoms with Crippen LogP contribution in [0.3, 0.4) is 0 Å². The topological polar surface area (TPSA) is 54.5 Å². The molecule has 0 aliphatic carbocycles. The van der Waals surface area contributed by atoms with Crippen molar-refractivity contribution in [3.63, 3.8) is 0 Å². The van der Waals surface area contributed by atoms with Crippen LogP contribution in [-0.4, -0.2) is 42.7 Å². The van der Waals surface area contributed by atoms with E-state index < -0.39 is 0 Å². The molecule has 2 aliphatic rings. The summed E-state index contributed by atoms with van der Waals surface area (Å²) in [4.78, 5) is 0. The van der Waals surface area contributed by atoms with Crippen molar-refractivity contribution in [3.8, 4) is 0 Å². The molecule has 1 aromatic rings. The van der Waals surface area contributed by atoms with Crippen LogP contribution in [0, 0.1) is 5.41 Å². The third-order valence-corrected chi connectivity index (χ3v) is 4.01. The van der Waals surface area contributed by atoms with Gasteiger partial charge in [0, 0.05) is 5.41 Å². The minimum Gasteiger partial charge on any atom is -0.394 e. The lowest BCUT2D eigenvalue weighted by Crippen LogP contribution is -2.28. The highest BCUT2D eigenvalue weighted by Crippen LogP contribution is 2.46. The first-order valence-corrected chi connectivity index (χ1v) is 7.15. The molecule has 1 N–H and O–H groups in total. The summed E-state index contributed by atoms with van der Waals surface area (Å²) in [7, 11) is 0. The van der Waals surface area contributed by atoms with Gasteiger partial charge in [0.1, 0.15) is 18.3 Å². The van der Waals surface area contributed by atoms with Gasteiger partial charge in [-0.2, -0.15) is 0 Å². The molecule has 2 saturated heterocycles. The van der Waals surface area contributed by atoms with Gasteiger partial charge in [-0.05, 0) is 5.56 Å². The van der Waals surface area contributed by atoms with Gasteiger partial charge in [0.2, 0.25) is 0 Å². The van der Waals surface area contributed by atoms with Gasteiger partial charge in [0.25, 0.3) is 0 Å². The Hall–Kier alpha value is -0.940. The fourth-order valence-corrected chi connectivity index (χ4v) is 2.68. The molecule has 0 unspecified atom stereocenters. The van der Waals surface area contributed by atoms with Gasteiger partial charge in [-0.25, -0.2) is 0 Å². The number of rotatable bonds is 7. The zero-order chi connectivity index (χ0) is 14.2. The Morgan fingerprint density at radius 2 is 1.90 bits per heavy atom. The molecule has 2 fully saturated rings. The quantitative estimate of drug-likeness (QED) is 0.772. The second kappa shape index (κ2) is 5.45. The zero-order valence-corrected chi connectivity index (χ0v) is 12.0. The Kier molecular flexibility index (Phi) is 3.82. The highest BCUT2D eigenvalue weighted by Gasteiger charge is 2.61. The third-order valence-electron chi connectivity index (χ3n) is 4.01. The van der Waals surface area contributed by atoms with E-state index in [0.717, 1.165) is 0 Å². The molecule has 0 saturated carbocycles. The standard InChI is InChI=1S/C16H22O4/c1-16(2,10-18-9-11-6-4-3-5-7-11)15-14(20-15)13-12(8-17)19-13/h3-7,12-15,17H,8-10H2,1-2H3/t12-,13+,14+,15-/m0/s1. The minimum absolute atomic E-state index is 0.0222. The fourth-order valence-electron chi connectivity index (χ4n) is 2.68. The number of hydrogen-bond donors (Lipinski definition) is 1. The minimum atomic E-state index is -0.0363. The van der Waals surface area contributed by atoms with E-state index in [9.17, 15) is 0 Å². The SMILES string of the molecule is CC(C)(COCc1ccccc1)[C@H]1O[C@@H]1[C@@H]1O[C@H]1CO. The molecule has 2 aliphatic heterocycles. The molecule has 0 radical (unpaired) electrons. The molecular formula is C16H22O4. The van der Waals surface area contributed by atoms with Crippen LogP contribution < -0.4 is 0 Å². The van der Waals surface area contributed by atoms with E-state index in [2.05, 4.69) is 26.0 Å². The molecule has 110 valence electrons. The van der Waals surface area contributed by atoms with Crippen LogP contribution in [0.5, 0.6) is 0 Å². The molecule has 4 nitrogen and oxygen atoms in total. The van der Waals surface area contributed by atoms with Crippen molar-refractivity contribution in [2.75, 3.05) is 13.2 Å². The van der Waals surface area contributed by atoms with Crippen LogP contribution in [0.25, 0.3) is 0 Å². The predicted octanol–water partition coefficient (Wildman–Crippen LogP) is 1.76. The zero-order valence-electron chi connectivity index (χ0n) is 12.0. The maximum Gasteiger partial charge on any atom is 0.115 e. The van der Waals surface area contributed by atoms with Crippen LogP contribution >= 0.6 is 0 Å². The van der Waals surface area contributed by atoms with E-state index in [1.165, 1.54) is 5.56 Å². The Labute approximate surface area is 119 Å². The summed E-state index contributed by atoms with van der Waals surface area (Å²) in [6.45, 7) is 5.67. The number of epoxide rings is 2. The molecule has 1 aromatic carbocycles. The maximum atomic E-state index is 9.00. The number of benzene rings is 1. The van der Waals surface area contributed by atoms with Gasteiger partial charge < -0.3 is 19.3 Å². The van der Waals surface area contributed by atoms with Crippen molar-refractivity contribution in [2.24, 2.45) is 5.41 Å². The van der Waals surface area contributed by atoms with Gasteiger partial charge in [-0.3, -0.25) is 0 Å². The Morgan fingerprint density at radius 1 is 1.15 bits per heavy atom. The van der Waals surface area contributed by atoms with E-state index in [4.69, 9.17) is 19.3 Å². The van der Waals surface area contributed by atoms with E-state index >= 15 is 0 Å². The van der Waals surface area contributed by atoms with E-state index in [0.29, 0.717) is 13.2 Å². The van der Waals surface area contributed by atoms with Crippen molar-refractivity contribution >= 4 is 0 Å². The van der Waals surface area contributed by atoms with Crippen molar-refractivity contribution < 1.29 is 19.3 Å². The summed E-state index contributed by atoms with van der Waals surface area (Å²) in [5.41, 5.74) is 1.15. The van der Waals surface area contributed by atoms with Crippen molar-refractivity contribution in [3.05, 3.63) is 35.9 Å². The highest BCUT2D eigenvalue weighted by atomic mass is 16.7. The summed E-state index contributed by atoms with van der Waals surface area (Å²) in [6.07, 6.45) is 0.353. The van der Waals surface area contributed by atoms with Gasteiger partial charge in [-0.1, -0.05) is 44.2 Å². The normalized spacial score (nSPS) is 32.1. The Balaban J connectivity index is 1.43. The molecule has 0 aromatic heterocycles. The average molecular weight is 278 g/mol. The maximum absolute atomic E-state index is 9.00. The van der Waals surface area contributed by atoms with E-state index in [-0.39, 0.29) is 36.4 Å². The Bertz CT molecular complexity index is 445. The molecule has 2 heterocycles. The first kappa shape index (κ1) is 14.0. The molecule has 0 amide bonds. The molecule has 20 heavy (non-hydrogen) atoms. The van der Waals surface area contributed by atoms with Crippen LogP contribution in [0.1, 0.15) is 19.4 Å². The second-order valence-electron chi connectivity index (χ2n) is 6.31. The van der Waals surface area contributed by atoms with Crippen LogP contribution in [0.4, 0.5) is 0 Å². The largest absolute Gasteiger partial charge is 0.394 e. The summed E-state index contributed by atoms with van der Waals surface area (Å²) < 4.78 is 16.9. The van der Waals surface area contributed by atoms with Gasteiger partial charge in [0.15, 0.2) is 0 Å². The lowest BCUT2D eigenvalue weighted by molar-refractivity contribution is 0.0366. The van der Waals surface area contributed by atoms with Crippen molar-refractivity contribution in [1.82, 2.24) is 0 Å². The van der Waals surface area contributed by atoms with Crippen molar-refractivity contribution in [2.45, 2.75) is 44.9 Å². The molecule has 4 heteroatoms. The summed E-state index contributed by atoms with van der Waals surface area (Å²) >= 11 is 0. The summed E-state index contributed by atoms with van der Waals surface area (Å²) in [5, 5.41) is 9.00. The monoisotopic (exact) mass is 278 g/mol. The number of aliphatic hydroxyl groups excluding tert-OH is 1. The summed E-state index contributed by atoms with van der Waals surface area (Å²) in [6, 6.07) is 10.2. The van der Waals surface area contributed by atoms with Crippen LogP contribution in [0.2, 0.25) is 0 Å². The first-order chi connectivity index (χ1) is 9.62. The molecule has 0 spiro atoms. The lowest BCUT2D eigenvalue weighted by Gasteiger charge is -2.22.